The summed E-state index contributed by atoms with van der Waals surface area (Å²) in [5.41, 5.74) is 0.341. The van der Waals surface area contributed by atoms with Gasteiger partial charge in [0.15, 0.2) is 12.0 Å². The van der Waals surface area contributed by atoms with Gasteiger partial charge < -0.3 is 14.8 Å². The Balaban J connectivity index is 2.60. The Labute approximate surface area is 106 Å². The third-order valence-electron chi connectivity index (χ3n) is 2.38. The number of alkyl halides is 2. The topological polar surface area (TPSA) is 30.5 Å². The number of ether oxygens (including phenoxy) is 2. The average Bonchev–Trinajstić information content (AvgIpc) is 2.29. The lowest BCUT2D eigenvalue weighted by Crippen LogP contribution is -2.51. The molecule has 0 aromatic rings. The molecule has 16 heavy (non-hydrogen) atoms. The smallest absolute Gasteiger partial charge is 0.177 e. The van der Waals surface area contributed by atoms with Crippen molar-refractivity contribution in [3.63, 3.8) is 0 Å². The number of hydrogen-bond acceptors (Lipinski definition) is 3. The van der Waals surface area contributed by atoms with E-state index >= 15 is 0 Å². The number of nitrogens with one attached hydrogen (secondary N) is 1. The predicted molar refractivity (Wildman–Crippen MR) is 66.7 cm³/mol. The maximum absolute atomic E-state index is 5.97. The molecule has 2 atom stereocenters. The van der Waals surface area contributed by atoms with Crippen molar-refractivity contribution in [3.05, 3.63) is 23.9 Å². The fourth-order valence-electron chi connectivity index (χ4n) is 1.45. The fraction of sp³-hybridized carbons (Fsp3) is 0.636. The summed E-state index contributed by atoms with van der Waals surface area (Å²) in [6, 6.07) is 0. The summed E-state index contributed by atoms with van der Waals surface area (Å²) in [5, 5.41) is 3.12. The highest BCUT2D eigenvalue weighted by atomic mass is 35.5. The van der Waals surface area contributed by atoms with Crippen LogP contribution in [0.1, 0.15) is 13.8 Å². The van der Waals surface area contributed by atoms with Crippen molar-refractivity contribution >= 4 is 23.2 Å². The van der Waals surface area contributed by atoms with Gasteiger partial charge >= 0.3 is 0 Å². The maximum Gasteiger partial charge on any atom is 0.177 e. The Morgan fingerprint density at radius 2 is 2.25 bits per heavy atom. The second-order valence-corrected chi connectivity index (χ2v) is 4.20. The summed E-state index contributed by atoms with van der Waals surface area (Å²) in [6.45, 7) is 4.25. The Morgan fingerprint density at radius 3 is 2.81 bits per heavy atom. The summed E-state index contributed by atoms with van der Waals surface area (Å²) in [4.78, 5) is 0. The zero-order valence-electron chi connectivity index (χ0n) is 9.50. The molecule has 1 rings (SSSR count). The van der Waals surface area contributed by atoms with Gasteiger partial charge in [0.2, 0.25) is 0 Å². The first-order chi connectivity index (χ1) is 7.64. The van der Waals surface area contributed by atoms with Gasteiger partial charge in [0.25, 0.3) is 0 Å². The van der Waals surface area contributed by atoms with E-state index in [1.807, 2.05) is 32.2 Å². The molecule has 92 valence electrons. The average molecular weight is 266 g/mol. The minimum absolute atomic E-state index is 0.314. The molecule has 0 aliphatic carbocycles. The van der Waals surface area contributed by atoms with Crippen LogP contribution in [-0.4, -0.2) is 30.4 Å². The van der Waals surface area contributed by atoms with Gasteiger partial charge in [0.05, 0.1) is 12.5 Å². The summed E-state index contributed by atoms with van der Waals surface area (Å²) in [5.74, 6) is 0.762. The standard InChI is InChI=1S/C11H17Cl2NO2/c1-9-4-3-6-14-11(9,8-13)16-10(2)15-7-5-12/h3-4,6,10,14H,5,7-8H2,1-2H3. The van der Waals surface area contributed by atoms with Gasteiger partial charge in [-0.15, -0.1) is 23.2 Å². The van der Waals surface area contributed by atoms with Gasteiger partial charge in [-0.2, -0.15) is 0 Å². The Hall–Kier alpha value is -0.220. The molecule has 0 bridgehead atoms. The normalized spacial score (nSPS) is 26.1. The molecule has 0 saturated heterocycles. The molecule has 5 heteroatoms. The van der Waals surface area contributed by atoms with Crippen LogP contribution in [0.5, 0.6) is 0 Å². The molecule has 0 aromatic heterocycles. The molecule has 1 heterocycles. The van der Waals surface area contributed by atoms with Crippen LogP contribution in [0.25, 0.3) is 0 Å². The molecule has 1 aliphatic heterocycles. The van der Waals surface area contributed by atoms with Crippen LogP contribution < -0.4 is 5.32 Å². The number of rotatable bonds is 6. The van der Waals surface area contributed by atoms with Gasteiger partial charge in [-0.3, -0.25) is 0 Å². The summed E-state index contributed by atoms with van der Waals surface area (Å²) in [7, 11) is 0. The van der Waals surface area contributed by atoms with E-state index in [1.54, 1.807) is 0 Å². The number of allylic oxidation sites excluding steroid dienone is 2. The van der Waals surface area contributed by atoms with Crippen molar-refractivity contribution in [1.29, 1.82) is 0 Å². The van der Waals surface area contributed by atoms with E-state index in [4.69, 9.17) is 32.7 Å². The molecule has 0 radical (unpaired) electrons. The molecule has 0 spiro atoms. The lowest BCUT2D eigenvalue weighted by Gasteiger charge is -2.37. The van der Waals surface area contributed by atoms with Gasteiger partial charge in [0.1, 0.15) is 0 Å². The zero-order valence-corrected chi connectivity index (χ0v) is 11.0. The van der Waals surface area contributed by atoms with E-state index in [-0.39, 0.29) is 6.29 Å². The molecule has 0 aromatic carbocycles. The molecule has 3 nitrogen and oxygen atoms in total. The lowest BCUT2D eigenvalue weighted by molar-refractivity contribution is -0.187. The number of dihydropyridines is 1. The SMILES string of the molecule is CC1=CC=CNC1(CCl)OC(C)OCCCl. The van der Waals surface area contributed by atoms with Crippen LogP contribution in [0.15, 0.2) is 23.9 Å². The highest BCUT2D eigenvalue weighted by Gasteiger charge is 2.34. The van der Waals surface area contributed by atoms with Crippen molar-refractivity contribution in [2.24, 2.45) is 0 Å². The van der Waals surface area contributed by atoms with E-state index in [9.17, 15) is 0 Å². The largest absolute Gasteiger partial charge is 0.359 e. The molecule has 1 aliphatic rings. The lowest BCUT2D eigenvalue weighted by atomic mass is 10.0. The molecule has 0 fully saturated rings. The van der Waals surface area contributed by atoms with Crippen LogP contribution in [0.4, 0.5) is 0 Å². The second kappa shape index (κ2) is 6.50. The minimum Gasteiger partial charge on any atom is -0.359 e. The molecular weight excluding hydrogens is 249 g/mol. The number of halogens is 2. The fourth-order valence-corrected chi connectivity index (χ4v) is 1.89. The summed E-state index contributed by atoms with van der Waals surface area (Å²) < 4.78 is 11.2. The van der Waals surface area contributed by atoms with E-state index in [1.165, 1.54) is 0 Å². The predicted octanol–water partition coefficient (Wildman–Crippen LogP) is 2.60. The van der Waals surface area contributed by atoms with E-state index in [2.05, 4.69) is 5.32 Å². The zero-order chi connectivity index (χ0) is 12.0. The summed E-state index contributed by atoms with van der Waals surface area (Å²) in [6.07, 6.45) is 5.32. The van der Waals surface area contributed by atoms with E-state index in [0.29, 0.717) is 18.4 Å². The van der Waals surface area contributed by atoms with Crippen molar-refractivity contribution in [3.8, 4) is 0 Å². The van der Waals surface area contributed by atoms with Gasteiger partial charge in [-0.05, 0) is 31.7 Å². The van der Waals surface area contributed by atoms with Crippen LogP contribution in [-0.2, 0) is 9.47 Å². The van der Waals surface area contributed by atoms with Crippen molar-refractivity contribution in [2.45, 2.75) is 25.9 Å². The molecule has 2 unspecified atom stereocenters. The van der Waals surface area contributed by atoms with Crippen LogP contribution in [0.3, 0.4) is 0 Å². The van der Waals surface area contributed by atoms with Crippen LogP contribution >= 0.6 is 23.2 Å². The Morgan fingerprint density at radius 1 is 1.50 bits per heavy atom. The van der Waals surface area contributed by atoms with Crippen LogP contribution in [0.2, 0.25) is 0 Å². The third kappa shape index (κ3) is 3.39. The maximum atomic E-state index is 5.97. The van der Waals surface area contributed by atoms with Crippen molar-refractivity contribution in [2.75, 3.05) is 18.4 Å². The van der Waals surface area contributed by atoms with Gasteiger partial charge in [-0.1, -0.05) is 6.08 Å². The van der Waals surface area contributed by atoms with Gasteiger partial charge in [0, 0.05) is 5.88 Å². The first-order valence-corrected chi connectivity index (χ1v) is 6.24. The highest BCUT2D eigenvalue weighted by molar-refractivity contribution is 6.18. The minimum atomic E-state index is -0.679. The second-order valence-electron chi connectivity index (χ2n) is 3.56. The number of hydrogen-bond donors (Lipinski definition) is 1. The third-order valence-corrected chi connectivity index (χ3v) is 2.91. The summed E-state index contributed by atoms with van der Waals surface area (Å²) >= 11 is 11.5. The van der Waals surface area contributed by atoms with Crippen LogP contribution in [0, 0.1) is 0 Å². The quantitative estimate of drug-likeness (QED) is 0.592. The molecular formula is C11H17Cl2NO2. The van der Waals surface area contributed by atoms with E-state index in [0.717, 1.165) is 5.57 Å². The molecule has 1 N–H and O–H groups in total. The van der Waals surface area contributed by atoms with Crippen molar-refractivity contribution < 1.29 is 9.47 Å². The van der Waals surface area contributed by atoms with Crippen molar-refractivity contribution in [1.82, 2.24) is 5.32 Å². The first kappa shape index (κ1) is 13.8. The molecule has 0 amide bonds. The monoisotopic (exact) mass is 265 g/mol. The van der Waals surface area contributed by atoms with E-state index < -0.39 is 5.72 Å². The first-order valence-electron chi connectivity index (χ1n) is 5.17. The highest BCUT2D eigenvalue weighted by Crippen LogP contribution is 2.25. The Kier molecular flexibility index (Phi) is 5.62. The Bertz CT molecular complexity index is 281. The van der Waals surface area contributed by atoms with Gasteiger partial charge in [-0.25, -0.2) is 0 Å². The molecule has 0 saturated carbocycles.